The lowest BCUT2D eigenvalue weighted by Crippen LogP contribution is -2.56. The molecule has 0 saturated carbocycles. The van der Waals surface area contributed by atoms with Crippen molar-refractivity contribution in [3.8, 4) is 0 Å². The van der Waals surface area contributed by atoms with Crippen LogP contribution in [0.5, 0.6) is 0 Å². The Labute approximate surface area is 112 Å². The van der Waals surface area contributed by atoms with Crippen LogP contribution in [-0.2, 0) is 9.59 Å². The highest BCUT2D eigenvalue weighted by Gasteiger charge is 2.47. The van der Waals surface area contributed by atoms with Gasteiger partial charge in [0, 0.05) is 5.57 Å². The number of β-lactam (4-membered cyclic amide) rings is 1. The zero-order valence-corrected chi connectivity index (χ0v) is 10.5. The molecule has 19 heavy (non-hydrogen) atoms. The van der Waals surface area contributed by atoms with Crippen LogP contribution in [-0.4, -0.2) is 45.2 Å². The molecule has 1 fully saturated rings. The van der Waals surface area contributed by atoms with Crippen molar-refractivity contribution in [1.29, 1.82) is 0 Å². The molecule has 1 saturated heterocycles. The summed E-state index contributed by atoms with van der Waals surface area (Å²) in [5.74, 6) is 3.43. The Morgan fingerprint density at radius 3 is 2.95 bits per heavy atom. The van der Waals surface area contributed by atoms with Crippen LogP contribution < -0.4 is 17.0 Å². The Morgan fingerprint density at radius 2 is 2.37 bits per heavy atom. The first-order valence-electron chi connectivity index (χ1n) is 5.27. The highest BCUT2D eigenvalue weighted by molar-refractivity contribution is 8.00. The van der Waals surface area contributed by atoms with Crippen molar-refractivity contribution in [2.75, 3.05) is 0 Å². The number of nitrogens with zero attached hydrogens (tertiary/aromatic N) is 3. The molecule has 0 aromatic rings. The van der Waals surface area contributed by atoms with Gasteiger partial charge in [0.15, 0.2) is 0 Å². The maximum Gasteiger partial charge on any atom is 0.353 e. The highest BCUT2D eigenvalue weighted by Crippen LogP contribution is 2.41. The molecule has 6 N–H and O–H groups in total. The quantitative estimate of drug-likeness (QED) is 0.160. The van der Waals surface area contributed by atoms with Gasteiger partial charge >= 0.3 is 5.97 Å². The first-order chi connectivity index (χ1) is 9.06. The Kier molecular flexibility index (Phi) is 3.71. The molecule has 2 aliphatic rings. The Hall–Kier alpha value is -2.07. The summed E-state index contributed by atoms with van der Waals surface area (Å²) in [6, 6.07) is 0. The van der Waals surface area contributed by atoms with Gasteiger partial charge in [0.25, 0.3) is 0 Å². The van der Waals surface area contributed by atoms with Crippen LogP contribution in [0.15, 0.2) is 21.5 Å². The number of nitrogens with one attached hydrogen (secondary N) is 1. The number of fused-ring (bicyclic) bond motifs is 1. The summed E-state index contributed by atoms with van der Waals surface area (Å²) in [6.07, 6.45) is 2.68. The molecule has 0 aromatic carbocycles. The average Bonchev–Trinajstić information content (AvgIpc) is 2.35. The molecule has 0 aromatic heterocycles. The molecule has 2 heterocycles. The summed E-state index contributed by atoms with van der Waals surface area (Å²) in [5, 5.41) is 15.3. The minimum Gasteiger partial charge on any atom is -0.477 e. The van der Waals surface area contributed by atoms with Gasteiger partial charge in [-0.05, 0) is 0 Å². The number of thioether (sulfide) groups is 1. The van der Waals surface area contributed by atoms with Gasteiger partial charge < -0.3 is 16.7 Å². The fourth-order valence-electron chi connectivity index (χ4n) is 1.82. The lowest BCUT2D eigenvalue weighted by atomic mass is 10.1. The third-order valence-corrected chi connectivity index (χ3v) is 3.88. The summed E-state index contributed by atoms with van der Waals surface area (Å²) in [4.78, 5) is 24.0. The fourth-order valence-corrected chi connectivity index (χ4v) is 3.06. The van der Waals surface area contributed by atoms with E-state index in [0.29, 0.717) is 6.42 Å². The molecule has 0 bridgehead atoms. The van der Waals surface area contributed by atoms with Crippen molar-refractivity contribution >= 4 is 36.2 Å². The smallest absolute Gasteiger partial charge is 0.353 e. The summed E-state index contributed by atoms with van der Waals surface area (Å²) in [5.41, 5.74) is 8.40. The van der Waals surface area contributed by atoms with Crippen LogP contribution >= 0.6 is 11.8 Å². The molecular formula is C9H12N6O3S. The van der Waals surface area contributed by atoms with E-state index in [1.54, 1.807) is 0 Å². The fraction of sp³-hybridized carbons (Fsp3) is 0.333. The Bertz CT molecular complexity index is 502. The summed E-state index contributed by atoms with van der Waals surface area (Å²) in [7, 11) is 0. The molecule has 102 valence electrons. The molecule has 2 aliphatic heterocycles. The van der Waals surface area contributed by atoms with E-state index in [9.17, 15) is 14.7 Å². The van der Waals surface area contributed by atoms with E-state index >= 15 is 0 Å². The van der Waals surface area contributed by atoms with E-state index < -0.39 is 11.3 Å². The largest absolute Gasteiger partial charge is 0.477 e. The number of hydrazone groups is 2. The molecule has 0 radical (unpaired) electrons. The lowest BCUT2D eigenvalue weighted by molar-refractivity contribution is -0.146. The van der Waals surface area contributed by atoms with Gasteiger partial charge in [0.1, 0.15) is 12.0 Å². The van der Waals surface area contributed by atoms with E-state index in [-0.39, 0.29) is 22.6 Å². The van der Waals surface area contributed by atoms with Crippen molar-refractivity contribution in [2.45, 2.75) is 17.2 Å². The maximum absolute atomic E-state index is 11.5. The molecule has 9 nitrogen and oxygen atoms in total. The Balaban J connectivity index is 2.32. The molecular weight excluding hydrogens is 272 g/mol. The van der Waals surface area contributed by atoms with Crippen LogP contribution in [0.4, 0.5) is 0 Å². The van der Waals surface area contributed by atoms with Gasteiger partial charge in [-0.15, -0.1) is 11.8 Å². The second kappa shape index (κ2) is 5.28. The summed E-state index contributed by atoms with van der Waals surface area (Å²) < 4.78 is 0. The van der Waals surface area contributed by atoms with Gasteiger partial charge in [-0.3, -0.25) is 15.1 Å². The molecule has 10 heteroatoms. The third kappa shape index (κ3) is 2.39. The standard InChI is InChI=1S/C9H12N6O3S/c10-8-4(2-13-14-3-12-11)7(9(17)18)15-5(16)1-6(15)19-8/h2-3,6,8H,1,10-11H2,(H,12,14)(H,17,18)/t6-,8?/m1/s1. The van der Waals surface area contributed by atoms with Crippen LogP contribution in [0, 0.1) is 0 Å². The van der Waals surface area contributed by atoms with Crippen molar-refractivity contribution in [3.63, 3.8) is 0 Å². The number of carbonyl (C=O) groups excluding carboxylic acids is 1. The van der Waals surface area contributed by atoms with Crippen LogP contribution in [0.3, 0.4) is 0 Å². The number of hydrogen-bond acceptors (Lipinski definition) is 7. The van der Waals surface area contributed by atoms with E-state index in [1.807, 2.05) is 0 Å². The maximum atomic E-state index is 11.5. The number of nitrogens with two attached hydrogens (primary N) is 2. The van der Waals surface area contributed by atoms with Crippen molar-refractivity contribution in [2.24, 2.45) is 21.8 Å². The predicted octanol–water partition coefficient (Wildman–Crippen LogP) is -1.61. The third-order valence-electron chi connectivity index (χ3n) is 2.64. The number of aliphatic carboxylic acids is 1. The minimum atomic E-state index is -1.21. The second-order valence-corrected chi connectivity index (χ2v) is 5.08. The first kappa shape index (κ1) is 13.4. The molecule has 0 spiro atoms. The Morgan fingerprint density at radius 1 is 1.63 bits per heavy atom. The summed E-state index contributed by atoms with van der Waals surface area (Å²) >= 11 is 1.32. The second-order valence-electron chi connectivity index (χ2n) is 3.75. The van der Waals surface area contributed by atoms with Gasteiger partial charge in [-0.25, -0.2) is 4.79 Å². The number of hydrogen-bond donors (Lipinski definition) is 4. The predicted molar refractivity (Wildman–Crippen MR) is 69.8 cm³/mol. The number of amides is 1. The van der Waals surface area contributed by atoms with Gasteiger partial charge in [-0.2, -0.15) is 10.2 Å². The number of carboxylic acids is 1. The lowest BCUT2D eigenvalue weighted by Gasteiger charge is -2.45. The van der Waals surface area contributed by atoms with Crippen molar-refractivity contribution in [3.05, 3.63) is 11.3 Å². The van der Waals surface area contributed by atoms with E-state index in [2.05, 4.69) is 15.6 Å². The molecule has 1 unspecified atom stereocenters. The minimum absolute atomic E-state index is 0.122. The van der Waals surface area contributed by atoms with Gasteiger partial charge in [0.2, 0.25) is 5.91 Å². The van der Waals surface area contributed by atoms with Crippen LogP contribution in [0.2, 0.25) is 0 Å². The van der Waals surface area contributed by atoms with E-state index in [0.717, 1.165) is 6.34 Å². The normalized spacial score (nSPS) is 26.8. The van der Waals surface area contributed by atoms with Crippen LogP contribution in [0.1, 0.15) is 6.42 Å². The topological polar surface area (TPSA) is 146 Å². The summed E-state index contributed by atoms with van der Waals surface area (Å²) in [6.45, 7) is 0. The molecule has 0 aliphatic carbocycles. The zero-order chi connectivity index (χ0) is 14.0. The SMILES string of the molecule is NN=CNN=CC1=C(C(=O)O)N2C(=O)C[C@H]2SC1N. The van der Waals surface area contributed by atoms with E-state index in [4.69, 9.17) is 11.6 Å². The molecule has 2 atom stereocenters. The zero-order valence-electron chi connectivity index (χ0n) is 9.68. The number of carboxylic acid groups (broad SMARTS) is 1. The van der Waals surface area contributed by atoms with Crippen molar-refractivity contribution in [1.82, 2.24) is 10.3 Å². The van der Waals surface area contributed by atoms with Crippen LogP contribution in [0.25, 0.3) is 0 Å². The van der Waals surface area contributed by atoms with Gasteiger partial charge in [-0.1, -0.05) is 0 Å². The molecule has 2 rings (SSSR count). The monoisotopic (exact) mass is 284 g/mol. The van der Waals surface area contributed by atoms with Crippen molar-refractivity contribution < 1.29 is 14.7 Å². The molecule has 1 amide bonds. The average molecular weight is 284 g/mol. The highest BCUT2D eigenvalue weighted by atomic mass is 32.2. The number of carbonyl (C=O) groups is 2. The first-order valence-corrected chi connectivity index (χ1v) is 6.21. The number of rotatable bonds is 4. The van der Waals surface area contributed by atoms with E-state index in [1.165, 1.54) is 22.9 Å². The van der Waals surface area contributed by atoms with Gasteiger partial charge in [0.05, 0.1) is 23.4 Å².